The summed E-state index contributed by atoms with van der Waals surface area (Å²) in [5.41, 5.74) is 1.11. The number of nitrogens with one attached hydrogen (secondary N) is 1. The highest BCUT2D eigenvalue weighted by Crippen LogP contribution is 2.24. The maximum absolute atomic E-state index is 12.4. The van der Waals surface area contributed by atoms with Gasteiger partial charge in [0.2, 0.25) is 17.6 Å². The van der Waals surface area contributed by atoms with Crippen molar-refractivity contribution in [1.29, 1.82) is 0 Å². The summed E-state index contributed by atoms with van der Waals surface area (Å²) in [7, 11) is 0. The van der Waals surface area contributed by atoms with Crippen molar-refractivity contribution in [3.63, 3.8) is 0 Å². The van der Waals surface area contributed by atoms with Crippen molar-refractivity contribution in [1.82, 2.24) is 15.5 Å². The van der Waals surface area contributed by atoms with Gasteiger partial charge in [-0.15, -0.1) is 11.3 Å². The molecule has 1 atom stereocenters. The Morgan fingerprint density at radius 3 is 2.85 bits per heavy atom. The van der Waals surface area contributed by atoms with Crippen LogP contribution in [-0.4, -0.2) is 16.0 Å². The first kappa shape index (κ1) is 17.4. The summed E-state index contributed by atoms with van der Waals surface area (Å²) in [6, 6.07) is 18.2. The van der Waals surface area contributed by atoms with E-state index in [1.807, 2.05) is 42.6 Å². The summed E-state index contributed by atoms with van der Waals surface area (Å²) >= 11 is 1.56. The van der Waals surface area contributed by atoms with E-state index in [1.54, 1.807) is 11.3 Å². The summed E-state index contributed by atoms with van der Waals surface area (Å²) in [5, 5.41) is 11.3. The predicted octanol–water partition coefficient (Wildman–Crippen LogP) is 4.76. The summed E-state index contributed by atoms with van der Waals surface area (Å²) in [5.74, 6) is 1.02. The minimum atomic E-state index is -0.0760. The van der Waals surface area contributed by atoms with Crippen molar-refractivity contribution in [3.8, 4) is 10.7 Å². The van der Waals surface area contributed by atoms with Gasteiger partial charge in [0.1, 0.15) is 0 Å². The van der Waals surface area contributed by atoms with Gasteiger partial charge in [0.05, 0.1) is 10.9 Å². The van der Waals surface area contributed by atoms with E-state index in [4.69, 9.17) is 4.52 Å². The van der Waals surface area contributed by atoms with Crippen LogP contribution in [0, 0.1) is 0 Å². The van der Waals surface area contributed by atoms with Crippen LogP contribution in [0.1, 0.15) is 30.8 Å². The molecule has 0 saturated heterocycles. The summed E-state index contributed by atoms with van der Waals surface area (Å²) in [6.45, 7) is 2.00. The Balaban J connectivity index is 1.38. The minimum absolute atomic E-state index is 0.0358. The Bertz CT molecular complexity index is 1050. The maximum atomic E-state index is 12.4. The zero-order valence-corrected chi connectivity index (χ0v) is 15.7. The van der Waals surface area contributed by atoms with Gasteiger partial charge in [-0.3, -0.25) is 4.79 Å². The minimum Gasteiger partial charge on any atom is -0.350 e. The number of amides is 1. The lowest BCUT2D eigenvalue weighted by atomic mass is 9.99. The van der Waals surface area contributed by atoms with Crippen molar-refractivity contribution in [3.05, 3.63) is 71.4 Å². The maximum Gasteiger partial charge on any atom is 0.227 e. The van der Waals surface area contributed by atoms with E-state index in [9.17, 15) is 4.79 Å². The van der Waals surface area contributed by atoms with Crippen LogP contribution < -0.4 is 5.32 Å². The third-order valence-corrected chi connectivity index (χ3v) is 5.31. The second-order valence-electron chi connectivity index (χ2n) is 6.35. The SMILES string of the molecule is CC(NC(=O)CCc1nc(-c2cccs2)no1)c1cccc2ccccc12. The molecule has 2 aromatic heterocycles. The standard InChI is InChI=1S/C21H19N3O2S/c1-14(16-9-4-7-15-6-2-3-8-17(15)16)22-19(25)11-12-20-23-21(24-26-20)18-10-5-13-27-18/h2-10,13-14H,11-12H2,1H3,(H,22,25). The molecule has 0 fully saturated rings. The highest BCUT2D eigenvalue weighted by Gasteiger charge is 2.14. The summed E-state index contributed by atoms with van der Waals surface area (Å²) in [6.07, 6.45) is 0.730. The lowest BCUT2D eigenvalue weighted by molar-refractivity contribution is -0.121. The van der Waals surface area contributed by atoms with Gasteiger partial charge in [-0.05, 0) is 34.7 Å². The first-order chi connectivity index (χ1) is 13.2. The number of benzene rings is 2. The van der Waals surface area contributed by atoms with Crippen molar-refractivity contribution in [2.24, 2.45) is 0 Å². The Hall–Kier alpha value is -2.99. The number of rotatable bonds is 6. The summed E-state index contributed by atoms with van der Waals surface area (Å²) in [4.78, 5) is 17.7. The average Bonchev–Trinajstić information content (AvgIpc) is 3.37. The van der Waals surface area contributed by atoms with Crippen LogP contribution in [0.3, 0.4) is 0 Å². The van der Waals surface area contributed by atoms with E-state index in [2.05, 4.69) is 39.7 Å². The van der Waals surface area contributed by atoms with E-state index >= 15 is 0 Å². The molecule has 0 aliphatic rings. The van der Waals surface area contributed by atoms with Gasteiger partial charge in [0.15, 0.2) is 0 Å². The van der Waals surface area contributed by atoms with Crippen molar-refractivity contribution >= 4 is 28.0 Å². The quantitative estimate of drug-likeness (QED) is 0.526. The monoisotopic (exact) mass is 377 g/mol. The number of hydrogen-bond acceptors (Lipinski definition) is 5. The normalized spacial score (nSPS) is 12.2. The number of carbonyl (C=O) groups is 1. The molecule has 1 amide bonds. The van der Waals surface area contributed by atoms with E-state index in [0.29, 0.717) is 24.6 Å². The Kier molecular flexibility index (Phi) is 4.98. The second kappa shape index (κ2) is 7.72. The van der Waals surface area contributed by atoms with Gasteiger partial charge in [0, 0.05) is 12.8 Å². The molecule has 6 heteroatoms. The highest BCUT2D eigenvalue weighted by atomic mass is 32.1. The number of fused-ring (bicyclic) bond motifs is 1. The van der Waals surface area contributed by atoms with Gasteiger partial charge in [-0.2, -0.15) is 4.98 Å². The number of aryl methyl sites for hydroxylation is 1. The van der Waals surface area contributed by atoms with Crippen LogP contribution in [-0.2, 0) is 11.2 Å². The molecule has 0 aliphatic carbocycles. The molecule has 0 radical (unpaired) electrons. The number of aromatic nitrogens is 2. The molecule has 4 aromatic rings. The first-order valence-corrected chi connectivity index (χ1v) is 9.72. The lowest BCUT2D eigenvalue weighted by Gasteiger charge is -2.16. The number of thiophene rings is 1. The van der Waals surface area contributed by atoms with Crippen LogP contribution in [0.5, 0.6) is 0 Å². The Morgan fingerprint density at radius 2 is 2.00 bits per heavy atom. The lowest BCUT2D eigenvalue weighted by Crippen LogP contribution is -2.27. The van der Waals surface area contributed by atoms with E-state index < -0.39 is 0 Å². The largest absolute Gasteiger partial charge is 0.350 e. The van der Waals surface area contributed by atoms with Crippen LogP contribution in [0.4, 0.5) is 0 Å². The predicted molar refractivity (Wildman–Crippen MR) is 106 cm³/mol. The van der Waals surface area contributed by atoms with E-state index in [1.165, 1.54) is 5.39 Å². The molecule has 0 aliphatic heterocycles. The van der Waals surface area contributed by atoms with Crippen molar-refractivity contribution < 1.29 is 9.32 Å². The van der Waals surface area contributed by atoms with Gasteiger partial charge < -0.3 is 9.84 Å². The van der Waals surface area contributed by atoms with E-state index in [0.717, 1.165) is 15.8 Å². The fourth-order valence-corrected chi connectivity index (χ4v) is 3.75. The number of hydrogen-bond donors (Lipinski definition) is 1. The highest BCUT2D eigenvalue weighted by molar-refractivity contribution is 7.13. The molecule has 0 saturated carbocycles. The second-order valence-corrected chi connectivity index (χ2v) is 7.29. The molecule has 0 spiro atoms. The van der Waals surface area contributed by atoms with Gasteiger partial charge in [-0.1, -0.05) is 53.7 Å². The molecule has 1 unspecified atom stereocenters. The van der Waals surface area contributed by atoms with Gasteiger partial charge in [0.25, 0.3) is 0 Å². The Morgan fingerprint density at radius 1 is 1.15 bits per heavy atom. The smallest absolute Gasteiger partial charge is 0.227 e. The van der Waals surface area contributed by atoms with Crippen molar-refractivity contribution in [2.75, 3.05) is 0 Å². The van der Waals surface area contributed by atoms with Crippen LogP contribution in [0.15, 0.2) is 64.5 Å². The zero-order valence-electron chi connectivity index (χ0n) is 14.9. The molecule has 1 N–H and O–H groups in total. The number of carbonyl (C=O) groups excluding carboxylic acids is 1. The fourth-order valence-electron chi connectivity index (χ4n) is 3.10. The fraction of sp³-hybridized carbons (Fsp3) is 0.190. The molecule has 2 heterocycles. The third kappa shape index (κ3) is 3.90. The Labute approximate surface area is 161 Å². The van der Waals surface area contributed by atoms with Crippen LogP contribution in [0.25, 0.3) is 21.5 Å². The third-order valence-electron chi connectivity index (χ3n) is 4.44. The number of nitrogens with zero attached hydrogens (tertiary/aromatic N) is 2. The average molecular weight is 377 g/mol. The molecule has 0 bridgehead atoms. The summed E-state index contributed by atoms with van der Waals surface area (Å²) < 4.78 is 5.25. The molecular formula is C21H19N3O2S. The van der Waals surface area contributed by atoms with Gasteiger partial charge >= 0.3 is 0 Å². The first-order valence-electron chi connectivity index (χ1n) is 8.84. The molecule has 4 rings (SSSR count). The zero-order chi connectivity index (χ0) is 18.6. The molecule has 5 nitrogen and oxygen atoms in total. The molecule has 136 valence electrons. The van der Waals surface area contributed by atoms with E-state index in [-0.39, 0.29) is 11.9 Å². The van der Waals surface area contributed by atoms with Crippen LogP contribution in [0.2, 0.25) is 0 Å². The molecule has 2 aromatic carbocycles. The van der Waals surface area contributed by atoms with Crippen molar-refractivity contribution in [2.45, 2.75) is 25.8 Å². The molecular weight excluding hydrogens is 358 g/mol. The van der Waals surface area contributed by atoms with Gasteiger partial charge in [-0.25, -0.2) is 0 Å². The molecule has 27 heavy (non-hydrogen) atoms. The topological polar surface area (TPSA) is 68.0 Å². The van der Waals surface area contributed by atoms with Crippen LogP contribution >= 0.6 is 11.3 Å².